The van der Waals surface area contributed by atoms with E-state index in [0.29, 0.717) is 10.7 Å². The Morgan fingerprint density at radius 1 is 1.67 bits per heavy atom. The van der Waals surface area contributed by atoms with Crippen molar-refractivity contribution in [3.05, 3.63) is 33.2 Å². The Balaban J connectivity index is 2.25. The van der Waals surface area contributed by atoms with Crippen LogP contribution in [0.2, 0.25) is 0 Å². The molecule has 6 nitrogen and oxygen atoms in total. The number of hydrogen-bond acceptors (Lipinski definition) is 5. The number of nitrogens with one attached hydrogen (secondary N) is 1. The number of carboxylic acids is 1. The van der Waals surface area contributed by atoms with E-state index in [1.807, 2.05) is 12.3 Å². The second kappa shape index (κ2) is 4.87. The fourth-order valence-corrected chi connectivity index (χ4v) is 2.43. The number of carbonyl (C=O) groups is 1. The van der Waals surface area contributed by atoms with E-state index < -0.39 is 12.0 Å². The summed E-state index contributed by atoms with van der Waals surface area (Å²) in [5.41, 5.74) is 1.26. The molecule has 96 valence electrons. The third-order valence-corrected chi connectivity index (χ3v) is 3.53. The molecule has 0 radical (unpaired) electrons. The van der Waals surface area contributed by atoms with Crippen molar-refractivity contribution in [2.45, 2.75) is 26.4 Å². The summed E-state index contributed by atoms with van der Waals surface area (Å²) in [5, 5.41) is 13.4. The average molecular weight is 267 g/mol. The van der Waals surface area contributed by atoms with Gasteiger partial charge >= 0.3 is 5.97 Å². The summed E-state index contributed by atoms with van der Waals surface area (Å²) in [5.74, 6) is -0.931. The van der Waals surface area contributed by atoms with Crippen LogP contribution in [-0.4, -0.2) is 26.5 Å². The van der Waals surface area contributed by atoms with E-state index in [4.69, 9.17) is 5.11 Å². The number of hydrogen-bond donors (Lipinski definition) is 2. The van der Waals surface area contributed by atoms with Crippen molar-refractivity contribution in [2.75, 3.05) is 0 Å². The summed E-state index contributed by atoms with van der Waals surface area (Å²) < 4.78 is 1.54. The van der Waals surface area contributed by atoms with Gasteiger partial charge in [-0.25, -0.2) is 4.98 Å². The van der Waals surface area contributed by atoms with Crippen LogP contribution in [0.25, 0.3) is 4.96 Å². The van der Waals surface area contributed by atoms with Gasteiger partial charge in [-0.15, -0.1) is 11.3 Å². The predicted octanol–water partition coefficient (Wildman–Crippen LogP) is 0.627. The van der Waals surface area contributed by atoms with E-state index >= 15 is 0 Å². The lowest BCUT2D eigenvalue weighted by atomic mass is 10.3. The topological polar surface area (TPSA) is 83.7 Å². The molecule has 0 unspecified atom stereocenters. The van der Waals surface area contributed by atoms with Gasteiger partial charge in [-0.1, -0.05) is 0 Å². The molecule has 0 aliphatic heterocycles. The zero-order valence-corrected chi connectivity index (χ0v) is 10.8. The molecule has 18 heavy (non-hydrogen) atoms. The van der Waals surface area contributed by atoms with Gasteiger partial charge in [0.25, 0.3) is 5.56 Å². The molecule has 0 bridgehead atoms. The highest BCUT2D eigenvalue weighted by Crippen LogP contribution is 2.11. The first kappa shape index (κ1) is 12.7. The summed E-state index contributed by atoms with van der Waals surface area (Å²) in [4.78, 5) is 27.4. The molecular formula is C11H13N3O3S. The van der Waals surface area contributed by atoms with Crippen LogP contribution in [0.5, 0.6) is 0 Å². The zero-order valence-electron chi connectivity index (χ0n) is 10.0. The molecule has 0 fully saturated rings. The maximum absolute atomic E-state index is 11.8. The third-order valence-electron chi connectivity index (χ3n) is 2.59. The second-order valence-corrected chi connectivity index (χ2v) is 4.86. The monoisotopic (exact) mass is 267 g/mol. The van der Waals surface area contributed by atoms with Crippen LogP contribution >= 0.6 is 11.3 Å². The van der Waals surface area contributed by atoms with E-state index in [1.54, 1.807) is 6.92 Å². The molecule has 0 saturated carbocycles. The SMILES string of the molecule is Cc1csc2nc(CN[C@H](C)C(=O)O)cc(=O)n12. The summed E-state index contributed by atoms with van der Waals surface area (Å²) in [6.07, 6.45) is 0. The van der Waals surface area contributed by atoms with E-state index in [0.717, 1.165) is 5.69 Å². The molecule has 2 N–H and O–H groups in total. The van der Waals surface area contributed by atoms with Crippen molar-refractivity contribution in [3.8, 4) is 0 Å². The van der Waals surface area contributed by atoms with E-state index in [1.165, 1.54) is 21.8 Å². The highest BCUT2D eigenvalue weighted by molar-refractivity contribution is 7.15. The maximum Gasteiger partial charge on any atom is 0.320 e. The predicted molar refractivity (Wildman–Crippen MR) is 68.0 cm³/mol. The molecule has 2 rings (SSSR count). The Kier molecular flexibility index (Phi) is 3.44. The Morgan fingerprint density at radius 2 is 2.39 bits per heavy atom. The Labute approximate surface area is 107 Å². The van der Waals surface area contributed by atoms with Gasteiger partial charge in [0.1, 0.15) is 6.04 Å². The van der Waals surface area contributed by atoms with Crippen LogP contribution in [0.1, 0.15) is 18.3 Å². The number of aliphatic carboxylic acids is 1. The molecule has 0 saturated heterocycles. The number of rotatable bonds is 4. The van der Waals surface area contributed by atoms with Gasteiger partial charge in [0, 0.05) is 23.7 Å². The third kappa shape index (κ3) is 2.41. The van der Waals surface area contributed by atoms with Crippen LogP contribution in [0.3, 0.4) is 0 Å². The van der Waals surface area contributed by atoms with Crippen molar-refractivity contribution in [1.82, 2.24) is 14.7 Å². The average Bonchev–Trinajstić information content (AvgIpc) is 2.68. The lowest BCUT2D eigenvalue weighted by Gasteiger charge is -2.08. The molecule has 0 amide bonds. The van der Waals surface area contributed by atoms with Gasteiger partial charge in [0.15, 0.2) is 4.96 Å². The van der Waals surface area contributed by atoms with Crippen molar-refractivity contribution in [3.63, 3.8) is 0 Å². The van der Waals surface area contributed by atoms with E-state index in [-0.39, 0.29) is 12.1 Å². The van der Waals surface area contributed by atoms with E-state index in [9.17, 15) is 9.59 Å². The maximum atomic E-state index is 11.8. The van der Waals surface area contributed by atoms with Gasteiger partial charge < -0.3 is 5.11 Å². The number of carboxylic acid groups (broad SMARTS) is 1. The molecule has 0 aliphatic carbocycles. The summed E-state index contributed by atoms with van der Waals surface area (Å²) in [7, 11) is 0. The van der Waals surface area contributed by atoms with Crippen LogP contribution < -0.4 is 10.9 Å². The molecule has 0 spiro atoms. The molecule has 2 aromatic rings. The van der Waals surface area contributed by atoms with Crippen molar-refractivity contribution in [1.29, 1.82) is 0 Å². The van der Waals surface area contributed by atoms with Gasteiger partial charge in [0.2, 0.25) is 0 Å². The zero-order chi connectivity index (χ0) is 13.3. The lowest BCUT2D eigenvalue weighted by Crippen LogP contribution is -2.33. The van der Waals surface area contributed by atoms with Gasteiger partial charge in [0.05, 0.1) is 5.69 Å². The first-order valence-corrected chi connectivity index (χ1v) is 6.30. The van der Waals surface area contributed by atoms with Crippen LogP contribution in [-0.2, 0) is 11.3 Å². The molecule has 7 heteroatoms. The summed E-state index contributed by atoms with van der Waals surface area (Å²) in [6, 6.07) is 0.754. The summed E-state index contributed by atoms with van der Waals surface area (Å²) in [6.45, 7) is 3.65. The number of nitrogens with zero attached hydrogens (tertiary/aromatic N) is 2. The minimum atomic E-state index is -0.931. The smallest absolute Gasteiger partial charge is 0.320 e. The summed E-state index contributed by atoms with van der Waals surface area (Å²) >= 11 is 1.39. The van der Waals surface area contributed by atoms with Crippen LogP contribution in [0, 0.1) is 6.92 Å². The molecular weight excluding hydrogens is 254 g/mol. The minimum Gasteiger partial charge on any atom is -0.480 e. The van der Waals surface area contributed by atoms with Crippen molar-refractivity contribution in [2.24, 2.45) is 0 Å². The first-order chi connectivity index (χ1) is 8.49. The number of aryl methyl sites for hydroxylation is 1. The second-order valence-electron chi connectivity index (χ2n) is 4.02. The largest absolute Gasteiger partial charge is 0.480 e. The highest BCUT2D eigenvalue weighted by atomic mass is 32.1. The number of thiazole rings is 1. The number of aromatic nitrogens is 2. The number of fused-ring (bicyclic) bond motifs is 1. The fraction of sp³-hybridized carbons (Fsp3) is 0.364. The lowest BCUT2D eigenvalue weighted by molar-refractivity contribution is -0.139. The Morgan fingerprint density at radius 3 is 3.06 bits per heavy atom. The standard InChI is InChI=1S/C11H13N3O3S/c1-6-5-18-11-13-8(3-9(15)14(6)11)4-12-7(2)10(16)17/h3,5,7,12H,4H2,1-2H3,(H,16,17)/t7-/m1/s1. The van der Waals surface area contributed by atoms with Crippen molar-refractivity contribution < 1.29 is 9.90 Å². The Bertz CT molecular complexity index is 647. The fourth-order valence-electron chi connectivity index (χ4n) is 1.54. The van der Waals surface area contributed by atoms with Crippen LogP contribution in [0.15, 0.2) is 16.2 Å². The minimum absolute atomic E-state index is 0.140. The normalized spacial score (nSPS) is 12.8. The van der Waals surface area contributed by atoms with Gasteiger partial charge in [-0.3, -0.25) is 19.3 Å². The molecule has 2 heterocycles. The van der Waals surface area contributed by atoms with Crippen molar-refractivity contribution >= 4 is 22.3 Å². The highest BCUT2D eigenvalue weighted by Gasteiger charge is 2.11. The molecule has 0 aliphatic rings. The molecule has 1 atom stereocenters. The molecule has 0 aromatic carbocycles. The van der Waals surface area contributed by atoms with Gasteiger partial charge in [-0.2, -0.15) is 0 Å². The first-order valence-electron chi connectivity index (χ1n) is 5.42. The molecule has 2 aromatic heterocycles. The Hall–Kier alpha value is -1.73. The van der Waals surface area contributed by atoms with E-state index in [2.05, 4.69) is 10.3 Å². The van der Waals surface area contributed by atoms with Gasteiger partial charge in [-0.05, 0) is 13.8 Å². The quantitative estimate of drug-likeness (QED) is 0.848. The van der Waals surface area contributed by atoms with Crippen LogP contribution in [0.4, 0.5) is 0 Å².